The Kier molecular flexibility index (Phi) is 3.31. The summed E-state index contributed by atoms with van der Waals surface area (Å²) in [7, 11) is 0. The number of hydrogen-bond donors (Lipinski definition) is 1. The largest absolute Gasteiger partial charge is 0.381 e. The molecule has 1 aliphatic rings. The molecule has 1 atom stereocenters. The summed E-state index contributed by atoms with van der Waals surface area (Å²) >= 11 is 6.02. The molecule has 90 valence electrons. The average molecular weight is 249 g/mol. The quantitative estimate of drug-likeness (QED) is 0.851. The molecule has 1 aliphatic carbocycles. The number of benzene rings is 1. The zero-order valence-corrected chi connectivity index (χ0v) is 11.0. The second kappa shape index (κ2) is 4.58. The van der Waals surface area contributed by atoms with Crippen LogP contribution in [-0.4, -0.2) is 6.04 Å². The maximum absolute atomic E-state index is 9.13. The van der Waals surface area contributed by atoms with Gasteiger partial charge in [-0.1, -0.05) is 37.9 Å². The molecule has 0 aliphatic heterocycles. The van der Waals surface area contributed by atoms with Crippen molar-refractivity contribution in [2.75, 3.05) is 5.32 Å². The minimum absolute atomic E-state index is 0.287. The normalized spacial score (nSPS) is 22.1. The number of nitrogens with zero attached hydrogens (tertiary/aromatic N) is 1. The molecule has 0 heterocycles. The van der Waals surface area contributed by atoms with Gasteiger partial charge in [0.1, 0.15) is 6.07 Å². The maximum Gasteiger partial charge on any atom is 0.103 e. The maximum atomic E-state index is 9.13. The molecule has 1 unspecified atom stereocenters. The highest BCUT2D eigenvalue weighted by Gasteiger charge is 2.34. The van der Waals surface area contributed by atoms with E-state index in [0.717, 1.165) is 12.1 Å². The molecule has 2 nitrogen and oxygen atoms in total. The Morgan fingerprint density at radius 3 is 2.82 bits per heavy atom. The second-order valence-electron chi connectivity index (χ2n) is 5.35. The van der Waals surface area contributed by atoms with Crippen LogP contribution in [0.2, 0.25) is 5.02 Å². The fourth-order valence-electron chi connectivity index (χ4n) is 2.54. The number of hydrogen-bond acceptors (Lipinski definition) is 2. The van der Waals surface area contributed by atoms with Gasteiger partial charge in [-0.15, -0.1) is 0 Å². The third-order valence-corrected chi connectivity index (χ3v) is 4.03. The first-order chi connectivity index (χ1) is 8.04. The van der Waals surface area contributed by atoms with Gasteiger partial charge in [-0.25, -0.2) is 0 Å². The molecule has 1 N–H and O–H groups in total. The number of nitrogens with one attached hydrogen (secondary N) is 1. The Balaban J connectivity index is 2.25. The van der Waals surface area contributed by atoms with E-state index in [1.807, 2.05) is 12.1 Å². The summed E-state index contributed by atoms with van der Waals surface area (Å²) in [5, 5.41) is 13.1. The van der Waals surface area contributed by atoms with E-state index in [9.17, 15) is 0 Å². The van der Waals surface area contributed by atoms with Crippen molar-refractivity contribution >= 4 is 17.3 Å². The molecule has 0 radical (unpaired) electrons. The molecular weight excluding hydrogens is 232 g/mol. The van der Waals surface area contributed by atoms with Crippen molar-refractivity contribution in [1.82, 2.24) is 0 Å². The van der Waals surface area contributed by atoms with Crippen molar-refractivity contribution in [2.24, 2.45) is 5.41 Å². The first-order valence-electron chi connectivity index (χ1n) is 6.00. The molecule has 1 aromatic carbocycles. The van der Waals surface area contributed by atoms with Crippen LogP contribution in [0.4, 0.5) is 5.69 Å². The lowest BCUT2D eigenvalue weighted by Crippen LogP contribution is -2.31. The van der Waals surface area contributed by atoms with Crippen LogP contribution in [0, 0.1) is 16.7 Å². The highest BCUT2D eigenvalue weighted by Crippen LogP contribution is 2.39. The summed E-state index contributed by atoms with van der Waals surface area (Å²) in [6.07, 6.45) is 3.63. The Bertz CT molecular complexity index is 460. The van der Waals surface area contributed by atoms with E-state index in [2.05, 4.69) is 25.2 Å². The second-order valence-corrected chi connectivity index (χ2v) is 5.76. The first-order valence-corrected chi connectivity index (χ1v) is 6.37. The van der Waals surface area contributed by atoms with E-state index in [1.165, 1.54) is 12.8 Å². The van der Waals surface area contributed by atoms with Gasteiger partial charge in [-0.05, 0) is 30.4 Å². The predicted molar refractivity (Wildman–Crippen MR) is 71.2 cm³/mol. The van der Waals surface area contributed by atoms with Gasteiger partial charge >= 0.3 is 0 Å². The Hall–Kier alpha value is -1.20. The minimum Gasteiger partial charge on any atom is -0.381 e. The number of halogens is 1. The molecule has 1 aromatic rings. The molecule has 0 spiro atoms. The molecule has 17 heavy (non-hydrogen) atoms. The number of anilines is 1. The summed E-state index contributed by atoms with van der Waals surface area (Å²) in [5.41, 5.74) is 1.70. The fraction of sp³-hybridized carbons (Fsp3) is 0.500. The molecule has 1 fully saturated rings. The summed E-state index contributed by atoms with van der Waals surface area (Å²) in [5.74, 6) is 0. The number of nitriles is 1. The molecule has 0 aromatic heterocycles. The van der Waals surface area contributed by atoms with Crippen molar-refractivity contribution < 1.29 is 0 Å². The van der Waals surface area contributed by atoms with E-state index >= 15 is 0 Å². The van der Waals surface area contributed by atoms with E-state index in [0.29, 0.717) is 16.6 Å². The van der Waals surface area contributed by atoms with Gasteiger partial charge in [0.15, 0.2) is 0 Å². The predicted octanol–water partition coefficient (Wildman–Crippen LogP) is 4.20. The summed E-state index contributed by atoms with van der Waals surface area (Å²) in [4.78, 5) is 0. The van der Waals surface area contributed by atoms with Crippen LogP contribution in [0.3, 0.4) is 0 Å². The minimum atomic E-state index is 0.287. The molecule has 0 amide bonds. The molecule has 1 saturated carbocycles. The van der Waals surface area contributed by atoms with E-state index < -0.39 is 0 Å². The molecule has 3 heteroatoms. The Morgan fingerprint density at radius 2 is 2.24 bits per heavy atom. The topological polar surface area (TPSA) is 35.8 Å². The average Bonchev–Trinajstić information content (AvgIpc) is 2.59. The van der Waals surface area contributed by atoms with E-state index in [1.54, 1.807) is 6.07 Å². The van der Waals surface area contributed by atoms with Crippen molar-refractivity contribution in [3.05, 3.63) is 28.8 Å². The summed E-state index contributed by atoms with van der Waals surface area (Å²) < 4.78 is 0. The third kappa shape index (κ3) is 2.40. The lowest BCUT2D eigenvalue weighted by molar-refractivity contribution is 0.350. The summed E-state index contributed by atoms with van der Waals surface area (Å²) in [6.45, 7) is 4.54. The molecular formula is C14H17ClN2. The Morgan fingerprint density at radius 1 is 1.47 bits per heavy atom. The van der Waals surface area contributed by atoms with Crippen LogP contribution in [0.15, 0.2) is 18.2 Å². The van der Waals surface area contributed by atoms with Crippen LogP contribution in [0.1, 0.15) is 38.7 Å². The SMILES string of the molecule is CC1(C)CCCC1Nc1cccc(Cl)c1C#N. The van der Waals surface area contributed by atoms with Crippen molar-refractivity contribution in [1.29, 1.82) is 5.26 Å². The van der Waals surface area contributed by atoms with Gasteiger partial charge < -0.3 is 5.32 Å². The van der Waals surface area contributed by atoms with Crippen LogP contribution < -0.4 is 5.32 Å². The van der Waals surface area contributed by atoms with Crippen LogP contribution in [-0.2, 0) is 0 Å². The van der Waals surface area contributed by atoms with Crippen LogP contribution in [0.25, 0.3) is 0 Å². The van der Waals surface area contributed by atoms with Gasteiger partial charge in [0, 0.05) is 6.04 Å². The smallest absolute Gasteiger partial charge is 0.103 e. The number of rotatable bonds is 2. The third-order valence-electron chi connectivity index (χ3n) is 3.71. The van der Waals surface area contributed by atoms with Gasteiger partial charge in [0.2, 0.25) is 0 Å². The summed E-state index contributed by atoms with van der Waals surface area (Å²) in [6, 6.07) is 8.16. The molecule has 2 rings (SSSR count). The van der Waals surface area contributed by atoms with Crippen molar-refractivity contribution in [3.63, 3.8) is 0 Å². The van der Waals surface area contributed by atoms with Gasteiger partial charge in [0.25, 0.3) is 0 Å². The lowest BCUT2D eigenvalue weighted by Gasteiger charge is -2.29. The van der Waals surface area contributed by atoms with Gasteiger partial charge in [-0.2, -0.15) is 5.26 Å². The zero-order valence-electron chi connectivity index (χ0n) is 10.3. The molecule has 0 saturated heterocycles. The van der Waals surface area contributed by atoms with E-state index in [4.69, 9.17) is 16.9 Å². The monoisotopic (exact) mass is 248 g/mol. The van der Waals surface area contributed by atoms with Crippen molar-refractivity contribution in [2.45, 2.75) is 39.2 Å². The van der Waals surface area contributed by atoms with Crippen LogP contribution in [0.5, 0.6) is 0 Å². The standard InChI is InChI=1S/C14H17ClN2/c1-14(2)8-4-7-13(14)17-12-6-3-5-11(15)10(12)9-16/h3,5-6,13,17H,4,7-8H2,1-2H3. The fourth-order valence-corrected chi connectivity index (χ4v) is 2.76. The van der Waals surface area contributed by atoms with Gasteiger partial charge in [-0.3, -0.25) is 0 Å². The lowest BCUT2D eigenvalue weighted by atomic mass is 9.87. The van der Waals surface area contributed by atoms with E-state index in [-0.39, 0.29) is 5.41 Å². The zero-order chi connectivity index (χ0) is 12.5. The highest BCUT2D eigenvalue weighted by molar-refractivity contribution is 6.32. The molecule has 0 bridgehead atoms. The first kappa shape index (κ1) is 12.3. The van der Waals surface area contributed by atoms with Crippen molar-refractivity contribution in [3.8, 4) is 6.07 Å². The van der Waals surface area contributed by atoms with Gasteiger partial charge in [0.05, 0.1) is 16.3 Å². The Labute approximate surface area is 108 Å². The van der Waals surface area contributed by atoms with Crippen LogP contribution >= 0.6 is 11.6 Å². The highest BCUT2D eigenvalue weighted by atomic mass is 35.5.